The summed E-state index contributed by atoms with van der Waals surface area (Å²) < 4.78 is 29.2. The van der Waals surface area contributed by atoms with Crippen molar-refractivity contribution < 1.29 is 38.4 Å². The molecule has 2 saturated heterocycles. The fourth-order valence-corrected chi connectivity index (χ4v) is 4.85. The van der Waals surface area contributed by atoms with Crippen molar-refractivity contribution in [3.63, 3.8) is 0 Å². The molecule has 2 aliphatic rings. The highest BCUT2D eigenvalue weighted by Gasteiger charge is 2.53. The normalized spacial score (nSPS) is 28.3. The number of ether oxygens (including phenoxy) is 5. The first-order chi connectivity index (χ1) is 16.6. The second-order valence-corrected chi connectivity index (χ2v) is 9.15. The van der Waals surface area contributed by atoms with E-state index in [1.54, 1.807) is 17.5 Å². The second kappa shape index (κ2) is 11.9. The van der Waals surface area contributed by atoms with Crippen LogP contribution in [0.5, 0.6) is 0 Å². The number of carbonyl (C=O) groups excluding carboxylic acids is 2. The molecule has 10 heteroatoms. The number of esters is 1. The summed E-state index contributed by atoms with van der Waals surface area (Å²) in [7, 11) is 1.45. The van der Waals surface area contributed by atoms with Crippen LogP contribution in [-0.2, 0) is 35.1 Å². The lowest BCUT2D eigenvalue weighted by atomic mass is 9.94. The van der Waals surface area contributed by atoms with Crippen LogP contribution in [-0.4, -0.2) is 80.5 Å². The van der Waals surface area contributed by atoms with Gasteiger partial charge >= 0.3 is 5.97 Å². The zero-order valence-electron chi connectivity index (χ0n) is 18.8. The smallest absolute Gasteiger partial charge is 0.348 e. The van der Waals surface area contributed by atoms with Crippen LogP contribution in [0.4, 0.5) is 0 Å². The Labute approximate surface area is 201 Å². The van der Waals surface area contributed by atoms with Crippen LogP contribution in [0.2, 0.25) is 0 Å². The number of thiophene rings is 1. The van der Waals surface area contributed by atoms with Gasteiger partial charge in [0.15, 0.2) is 6.10 Å². The Morgan fingerprint density at radius 3 is 2.68 bits per heavy atom. The zero-order valence-corrected chi connectivity index (χ0v) is 19.6. The largest absolute Gasteiger partial charge is 0.452 e. The fourth-order valence-electron chi connectivity index (χ4n) is 4.24. The van der Waals surface area contributed by atoms with Gasteiger partial charge in [-0.25, -0.2) is 4.79 Å². The third-order valence-electron chi connectivity index (χ3n) is 5.81. The van der Waals surface area contributed by atoms with Gasteiger partial charge in [0, 0.05) is 20.1 Å². The molecule has 2 aromatic rings. The van der Waals surface area contributed by atoms with Gasteiger partial charge in [-0.05, 0) is 17.0 Å². The SMILES string of the molecule is COCC(=O)NCC1C[C@H]2O[C@H](CO)[C@@H](OC(=O)c3cccs3)[C@H](OCc3ccccc3)[C@H]2O1. The molecular formula is C24H29NO8S. The van der Waals surface area contributed by atoms with E-state index in [9.17, 15) is 14.7 Å². The minimum Gasteiger partial charge on any atom is -0.452 e. The topological polar surface area (TPSA) is 113 Å². The lowest BCUT2D eigenvalue weighted by molar-refractivity contribution is -0.233. The number of aliphatic hydroxyl groups is 1. The molecule has 0 spiro atoms. The molecule has 1 amide bonds. The summed E-state index contributed by atoms with van der Waals surface area (Å²) in [6, 6.07) is 13.1. The summed E-state index contributed by atoms with van der Waals surface area (Å²) >= 11 is 1.27. The monoisotopic (exact) mass is 491 g/mol. The number of nitrogens with one attached hydrogen (secondary N) is 1. The number of aliphatic hydroxyl groups excluding tert-OH is 1. The fraction of sp³-hybridized carbons (Fsp3) is 0.500. The van der Waals surface area contributed by atoms with Crippen molar-refractivity contribution in [2.75, 3.05) is 26.9 Å². The van der Waals surface area contributed by atoms with Gasteiger partial charge in [-0.2, -0.15) is 0 Å². The number of hydrogen-bond donors (Lipinski definition) is 2. The zero-order chi connectivity index (χ0) is 23.9. The Balaban J connectivity index is 1.50. The maximum absolute atomic E-state index is 12.7. The van der Waals surface area contributed by atoms with Crippen LogP contribution >= 0.6 is 11.3 Å². The Morgan fingerprint density at radius 2 is 1.97 bits per heavy atom. The quantitative estimate of drug-likeness (QED) is 0.482. The number of fused-ring (bicyclic) bond motifs is 1. The van der Waals surface area contributed by atoms with Gasteiger partial charge in [-0.1, -0.05) is 36.4 Å². The van der Waals surface area contributed by atoms with Gasteiger partial charge in [-0.3, -0.25) is 4.79 Å². The van der Waals surface area contributed by atoms with Gasteiger partial charge < -0.3 is 34.1 Å². The number of carbonyl (C=O) groups is 2. The number of benzene rings is 1. The van der Waals surface area contributed by atoms with E-state index in [-0.39, 0.29) is 44.5 Å². The average molecular weight is 492 g/mol. The molecule has 0 radical (unpaired) electrons. The summed E-state index contributed by atoms with van der Waals surface area (Å²) in [6.07, 6.45) is -3.02. The third-order valence-corrected chi connectivity index (χ3v) is 6.66. The molecule has 34 heavy (non-hydrogen) atoms. The first-order valence-corrected chi connectivity index (χ1v) is 12.0. The van der Waals surface area contributed by atoms with E-state index < -0.39 is 30.4 Å². The van der Waals surface area contributed by atoms with E-state index in [4.69, 9.17) is 23.7 Å². The second-order valence-electron chi connectivity index (χ2n) is 8.20. The highest BCUT2D eigenvalue weighted by atomic mass is 32.1. The van der Waals surface area contributed by atoms with Crippen LogP contribution in [0.15, 0.2) is 47.8 Å². The van der Waals surface area contributed by atoms with Crippen molar-refractivity contribution >= 4 is 23.2 Å². The molecule has 0 bridgehead atoms. The molecule has 0 saturated carbocycles. The van der Waals surface area contributed by atoms with E-state index in [2.05, 4.69) is 5.32 Å². The van der Waals surface area contributed by atoms with Crippen molar-refractivity contribution in [3.05, 3.63) is 58.3 Å². The molecule has 1 aromatic carbocycles. The van der Waals surface area contributed by atoms with Crippen LogP contribution in [0, 0.1) is 0 Å². The number of rotatable bonds is 10. The van der Waals surface area contributed by atoms with E-state index in [1.165, 1.54) is 18.4 Å². The van der Waals surface area contributed by atoms with Crippen molar-refractivity contribution in [2.45, 2.75) is 49.7 Å². The molecule has 2 fully saturated rings. The minimum absolute atomic E-state index is 0.0355. The van der Waals surface area contributed by atoms with Gasteiger partial charge in [0.2, 0.25) is 5.91 Å². The summed E-state index contributed by atoms with van der Waals surface area (Å²) in [4.78, 5) is 25.0. The van der Waals surface area contributed by atoms with E-state index in [1.807, 2.05) is 30.3 Å². The highest BCUT2D eigenvalue weighted by molar-refractivity contribution is 7.11. The van der Waals surface area contributed by atoms with Gasteiger partial charge in [0.1, 0.15) is 29.8 Å². The Hall–Kier alpha value is -2.34. The molecule has 1 unspecified atom stereocenters. The van der Waals surface area contributed by atoms with E-state index in [0.29, 0.717) is 11.3 Å². The van der Waals surface area contributed by atoms with Crippen LogP contribution in [0.25, 0.3) is 0 Å². The molecule has 1 aromatic heterocycles. The highest BCUT2D eigenvalue weighted by Crippen LogP contribution is 2.36. The predicted molar refractivity (Wildman–Crippen MR) is 122 cm³/mol. The lowest BCUT2D eigenvalue weighted by Crippen LogP contribution is -2.59. The van der Waals surface area contributed by atoms with Crippen molar-refractivity contribution in [3.8, 4) is 0 Å². The summed E-state index contributed by atoms with van der Waals surface area (Å²) in [5.74, 6) is -0.745. The van der Waals surface area contributed by atoms with Gasteiger partial charge in [-0.15, -0.1) is 11.3 Å². The van der Waals surface area contributed by atoms with E-state index in [0.717, 1.165) is 5.56 Å². The van der Waals surface area contributed by atoms with Crippen LogP contribution in [0.1, 0.15) is 21.7 Å². The molecular weight excluding hydrogens is 462 g/mol. The van der Waals surface area contributed by atoms with Crippen LogP contribution in [0.3, 0.4) is 0 Å². The summed E-state index contributed by atoms with van der Waals surface area (Å²) in [5, 5.41) is 14.6. The number of amides is 1. The van der Waals surface area contributed by atoms with E-state index >= 15 is 0 Å². The predicted octanol–water partition coefficient (Wildman–Crippen LogP) is 1.54. The number of hydrogen-bond acceptors (Lipinski definition) is 9. The molecule has 184 valence electrons. The lowest BCUT2D eigenvalue weighted by Gasteiger charge is -2.42. The maximum atomic E-state index is 12.7. The summed E-state index contributed by atoms with van der Waals surface area (Å²) in [6.45, 7) is 0.185. The summed E-state index contributed by atoms with van der Waals surface area (Å²) in [5.41, 5.74) is 0.954. The van der Waals surface area contributed by atoms with Crippen molar-refractivity contribution in [1.29, 1.82) is 0 Å². The van der Waals surface area contributed by atoms with Gasteiger partial charge in [0.05, 0.1) is 25.4 Å². The first-order valence-electron chi connectivity index (χ1n) is 11.2. The molecule has 6 atom stereocenters. The maximum Gasteiger partial charge on any atom is 0.348 e. The third kappa shape index (κ3) is 6.01. The molecule has 0 aliphatic carbocycles. The van der Waals surface area contributed by atoms with Crippen molar-refractivity contribution in [2.24, 2.45) is 0 Å². The Kier molecular flexibility index (Phi) is 8.65. The average Bonchev–Trinajstić information content (AvgIpc) is 3.52. The standard InChI is InChI=1S/C24H29NO8S/c1-29-14-20(27)25-11-16-10-17-21(31-16)23(30-13-15-6-3-2-4-7-15)22(18(12-26)32-17)33-24(28)19-8-5-9-34-19/h2-9,16-18,21-23,26H,10-14H2,1H3,(H,25,27)/t16?,17-,18-,21+,22-,23-/m1/s1. The molecule has 4 rings (SSSR count). The van der Waals surface area contributed by atoms with Gasteiger partial charge in [0.25, 0.3) is 0 Å². The Morgan fingerprint density at radius 1 is 1.15 bits per heavy atom. The molecule has 2 aliphatic heterocycles. The van der Waals surface area contributed by atoms with Crippen molar-refractivity contribution in [1.82, 2.24) is 5.32 Å². The minimum atomic E-state index is -0.869. The van der Waals surface area contributed by atoms with Crippen LogP contribution < -0.4 is 5.32 Å². The Bertz CT molecular complexity index is 924. The molecule has 2 N–H and O–H groups in total. The number of methoxy groups -OCH3 is 1. The molecule has 3 heterocycles. The molecule has 9 nitrogen and oxygen atoms in total. The first kappa shape index (κ1) is 24.8.